The van der Waals surface area contributed by atoms with E-state index in [1.54, 1.807) is 36.4 Å². The Morgan fingerprint density at radius 2 is 1.71 bits per heavy atom. The second kappa shape index (κ2) is 19.8. The molecule has 6 rings (SSSR count). The largest absolute Gasteiger partial charge is 0.445 e. The van der Waals surface area contributed by atoms with Crippen LogP contribution in [0.5, 0.6) is 0 Å². The summed E-state index contributed by atoms with van der Waals surface area (Å²) in [4.78, 5) is 62.2. The van der Waals surface area contributed by atoms with Crippen molar-refractivity contribution in [1.29, 1.82) is 0 Å². The molecule has 2 heterocycles. The molecule has 292 valence electrons. The van der Waals surface area contributed by atoms with E-state index in [-0.39, 0.29) is 56.0 Å². The van der Waals surface area contributed by atoms with E-state index in [1.165, 1.54) is 24.2 Å². The maximum Gasteiger partial charge on any atom is 0.408 e. The maximum absolute atomic E-state index is 14.7. The van der Waals surface area contributed by atoms with Gasteiger partial charge in [0.1, 0.15) is 18.2 Å². The summed E-state index contributed by atoms with van der Waals surface area (Å²) in [6.07, 6.45) is 6.62. The molecular formula is C43H51ClN4O7. The quantitative estimate of drug-likeness (QED) is 0.0775. The number of oxazole rings is 1. The first-order chi connectivity index (χ1) is 26.8. The molecule has 1 saturated carbocycles. The molecule has 1 aliphatic carbocycles. The van der Waals surface area contributed by atoms with Crippen molar-refractivity contribution in [2.45, 2.75) is 95.4 Å². The number of benzene rings is 3. The fraction of sp³-hybridized carbons (Fsp3) is 0.465. The summed E-state index contributed by atoms with van der Waals surface area (Å²) in [6, 6.07) is 21.5. The lowest BCUT2D eigenvalue weighted by Crippen LogP contribution is -2.53. The lowest BCUT2D eigenvalue weighted by atomic mass is 9.89. The molecule has 2 fully saturated rings. The molecule has 3 N–H and O–H groups in total. The lowest BCUT2D eigenvalue weighted by molar-refractivity contribution is -0.139. The van der Waals surface area contributed by atoms with E-state index >= 15 is 0 Å². The van der Waals surface area contributed by atoms with Gasteiger partial charge >= 0.3 is 6.09 Å². The number of para-hydroxylation sites is 2. The van der Waals surface area contributed by atoms with Crippen LogP contribution in [0.15, 0.2) is 83.3 Å². The Balaban J connectivity index is 1.23. The van der Waals surface area contributed by atoms with Crippen molar-refractivity contribution >= 4 is 46.3 Å². The highest BCUT2D eigenvalue weighted by Crippen LogP contribution is 2.30. The number of ether oxygens (including phenoxy) is 2. The molecule has 0 radical (unpaired) electrons. The van der Waals surface area contributed by atoms with Gasteiger partial charge in [-0.15, -0.1) is 0 Å². The van der Waals surface area contributed by atoms with E-state index in [4.69, 9.17) is 31.2 Å². The molecule has 1 aromatic heterocycles. The van der Waals surface area contributed by atoms with Crippen molar-refractivity contribution in [3.63, 3.8) is 0 Å². The number of nitrogens with two attached hydrogens (primary N) is 1. The molecule has 4 aromatic rings. The van der Waals surface area contributed by atoms with Crippen LogP contribution in [0, 0.1) is 11.8 Å². The maximum atomic E-state index is 14.7. The van der Waals surface area contributed by atoms with Crippen LogP contribution in [0.25, 0.3) is 11.1 Å². The third kappa shape index (κ3) is 11.2. The highest BCUT2D eigenvalue weighted by molar-refractivity contribution is 6.30. The topological polar surface area (TPSA) is 154 Å². The van der Waals surface area contributed by atoms with E-state index in [0.29, 0.717) is 54.5 Å². The molecule has 12 heteroatoms. The molecule has 1 saturated heterocycles. The standard InChI is InChI=1S/C43H51ClN4O7/c44-33-18-11-16-31(22-33)23-36(47-43(52)54-28-30-14-5-2-6-15-30)42(51)48-26-34(53-27-29-12-3-1-4-13-29)25-37(48)38(49)24-32(17-9-10-21-45)40(50)41-46-35-19-7-8-20-39(35)55-41/h2,5-8,11,14-16,18-20,22,29,32,34,36-37H,1,3-4,9-10,12-13,17,21,23-28,45H2,(H,47,52)/t32-,34-,36-,37+/m1/s1. The number of rotatable bonds is 18. The molecule has 1 aliphatic heterocycles. The van der Waals surface area contributed by atoms with Crippen LogP contribution in [-0.2, 0) is 32.1 Å². The van der Waals surface area contributed by atoms with Crippen LogP contribution < -0.4 is 11.1 Å². The SMILES string of the molecule is NCCCC[C@H](CC(=O)[C@@H]1C[C@@H](OCC2CCCCC2)CN1C(=O)[C@@H](Cc1cccc(Cl)c1)NC(=O)OCc1ccccc1)C(=O)c1nc2ccccc2o1. The number of unbranched alkanes of at least 4 members (excludes halogenated alkanes) is 1. The summed E-state index contributed by atoms with van der Waals surface area (Å²) in [5.41, 5.74) is 8.36. The molecule has 0 bridgehead atoms. The van der Waals surface area contributed by atoms with Crippen molar-refractivity contribution in [2.24, 2.45) is 17.6 Å². The van der Waals surface area contributed by atoms with E-state index in [0.717, 1.165) is 24.0 Å². The second-order valence-electron chi connectivity index (χ2n) is 14.8. The summed E-state index contributed by atoms with van der Waals surface area (Å²) >= 11 is 6.31. The molecule has 2 amide bonds. The molecule has 3 aromatic carbocycles. The van der Waals surface area contributed by atoms with Crippen LogP contribution >= 0.6 is 11.6 Å². The van der Waals surface area contributed by atoms with Crippen LogP contribution in [-0.4, -0.2) is 71.3 Å². The van der Waals surface area contributed by atoms with Gasteiger partial charge < -0.3 is 29.8 Å². The van der Waals surface area contributed by atoms with Gasteiger partial charge in [-0.1, -0.05) is 91.9 Å². The fourth-order valence-corrected chi connectivity index (χ4v) is 7.90. The Morgan fingerprint density at radius 1 is 0.945 bits per heavy atom. The van der Waals surface area contributed by atoms with Crippen molar-refractivity contribution in [2.75, 3.05) is 19.7 Å². The molecule has 55 heavy (non-hydrogen) atoms. The summed E-state index contributed by atoms with van der Waals surface area (Å²) in [7, 11) is 0. The van der Waals surface area contributed by atoms with E-state index < -0.39 is 30.0 Å². The number of alkyl carbamates (subject to hydrolysis) is 1. The van der Waals surface area contributed by atoms with E-state index in [2.05, 4.69) is 10.3 Å². The van der Waals surface area contributed by atoms with Crippen LogP contribution in [0.2, 0.25) is 5.02 Å². The smallest absolute Gasteiger partial charge is 0.408 e. The number of ketones is 2. The van der Waals surface area contributed by atoms with Gasteiger partial charge in [0, 0.05) is 43.4 Å². The van der Waals surface area contributed by atoms with Crippen LogP contribution in [0.4, 0.5) is 4.79 Å². The average Bonchev–Trinajstić information content (AvgIpc) is 3.84. The summed E-state index contributed by atoms with van der Waals surface area (Å²) in [5, 5.41) is 3.27. The van der Waals surface area contributed by atoms with E-state index in [1.807, 2.05) is 42.5 Å². The number of nitrogens with one attached hydrogen (secondary N) is 1. The number of hydrogen-bond donors (Lipinski definition) is 2. The third-order valence-corrected chi connectivity index (χ3v) is 10.9. The molecular weight excluding hydrogens is 720 g/mol. The van der Waals surface area contributed by atoms with Crippen LogP contribution in [0.3, 0.4) is 0 Å². The third-order valence-electron chi connectivity index (χ3n) is 10.7. The minimum atomic E-state index is -1.07. The fourth-order valence-electron chi connectivity index (χ4n) is 7.69. The van der Waals surface area contributed by atoms with Gasteiger partial charge in [-0.05, 0) is 73.5 Å². The highest BCUT2D eigenvalue weighted by atomic mass is 35.5. The minimum Gasteiger partial charge on any atom is -0.445 e. The van der Waals surface area contributed by atoms with Gasteiger partial charge in [0.05, 0.1) is 12.1 Å². The number of halogens is 1. The summed E-state index contributed by atoms with van der Waals surface area (Å²) < 4.78 is 17.8. The van der Waals surface area contributed by atoms with Gasteiger partial charge in [0.25, 0.3) is 5.89 Å². The van der Waals surface area contributed by atoms with Crippen molar-refractivity contribution < 1.29 is 33.1 Å². The number of carbonyl (C=O) groups excluding carboxylic acids is 4. The van der Waals surface area contributed by atoms with Gasteiger partial charge in [-0.2, -0.15) is 0 Å². The number of amides is 2. The number of aromatic nitrogens is 1. The number of nitrogens with zero attached hydrogens (tertiary/aromatic N) is 2. The molecule has 11 nitrogen and oxygen atoms in total. The number of likely N-dealkylation sites (tertiary alicyclic amines) is 1. The van der Waals surface area contributed by atoms with Gasteiger partial charge in [-0.25, -0.2) is 9.78 Å². The van der Waals surface area contributed by atoms with Crippen molar-refractivity contribution in [3.05, 3.63) is 101 Å². The Morgan fingerprint density at radius 3 is 2.47 bits per heavy atom. The first kappa shape index (κ1) is 40.1. The summed E-state index contributed by atoms with van der Waals surface area (Å²) in [5.74, 6) is -1.38. The number of carbonyl (C=O) groups is 4. The Hall–Kier alpha value is -4.58. The monoisotopic (exact) mass is 770 g/mol. The first-order valence-electron chi connectivity index (χ1n) is 19.5. The molecule has 0 spiro atoms. The predicted octanol–water partition coefficient (Wildman–Crippen LogP) is 7.47. The van der Waals surface area contributed by atoms with Crippen LogP contribution in [0.1, 0.15) is 86.0 Å². The normalized spacial score (nSPS) is 18.5. The average molecular weight is 771 g/mol. The zero-order valence-corrected chi connectivity index (χ0v) is 32.0. The van der Waals surface area contributed by atoms with E-state index in [9.17, 15) is 19.2 Å². The van der Waals surface area contributed by atoms with Gasteiger partial charge in [0.15, 0.2) is 11.4 Å². The van der Waals surface area contributed by atoms with Crippen molar-refractivity contribution in [3.8, 4) is 0 Å². The van der Waals surface area contributed by atoms with Crippen molar-refractivity contribution in [1.82, 2.24) is 15.2 Å². The van der Waals surface area contributed by atoms with Gasteiger partial charge in [0.2, 0.25) is 11.7 Å². The first-order valence-corrected chi connectivity index (χ1v) is 19.9. The minimum absolute atomic E-state index is 0.0202. The predicted molar refractivity (Wildman–Crippen MR) is 209 cm³/mol. The number of hydrogen-bond acceptors (Lipinski definition) is 9. The lowest BCUT2D eigenvalue weighted by Gasteiger charge is -2.29. The van der Waals surface area contributed by atoms with Gasteiger partial charge in [-0.3, -0.25) is 14.4 Å². The number of Topliss-reactive ketones (excluding diaryl/α,β-unsaturated/α-hetero) is 2. The number of fused-ring (bicyclic) bond motifs is 1. The zero-order chi connectivity index (χ0) is 38.6. The Kier molecular flexibility index (Phi) is 14.5. The Labute approximate surface area is 327 Å². The molecule has 2 aliphatic rings. The molecule has 0 unspecified atom stereocenters. The second-order valence-corrected chi connectivity index (χ2v) is 15.2. The Bertz CT molecular complexity index is 1860. The molecule has 4 atom stereocenters. The highest BCUT2D eigenvalue weighted by Gasteiger charge is 2.44. The summed E-state index contributed by atoms with van der Waals surface area (Å²) in [6.45, 7) is 1.21. The zero-order valence-electron chi connectivity index (χ0n) is 31.2.